The van der Waals surface area contributed by atoms with Crippen molar-refractivity contribution in [2.45, 2.75) is 45.8 Å². The van der Waals surface area contributed by atoms with E-state index in [4.69, 9.17) is 4.74 Å². The summed E-state index contributed by atoms with van der Waals surface area (Å²) in [6, 6.07) is 20.1. The SMILES string of the molecule is CC(C)Cn1ncc2cc(Oc3ccc(F)cc3)c(C(=O)NC3CCN(Cc4ccccc4)CC3)cc21. The summed E-state index contributed by atoms with van der Waals surface area (Å²) in [4.78, 5) is 16.0. The minimum atomic E-state index is -0.339. The Bertz CT molecular complexity index is 1340. The van der Waals surface area contributed by atoms with Gasteiger partial charge in [-0.15, -0.1) is 0 Å². The van der Waals surface area contributed by atoms with Gasteiger partial charge in [-0.2, -0.15) is 5.10 Å². The summed E-state index contributed by atoms with van der Waals surface area (Å²) in [6.07, 6.45) is 3.57. The van der Waals surface area contributed by atoms with Gasteiger partial charge in [0.1, 0.15) is 17.3 Å². The van der Waals surface area contributed by atoms with E-state index >= 15 is 0 Å². The van der Waals surface area contributed by atoms with Crippen molar-refractivity contribution < 1.29 is 13.9 Å². The monoisotopic (exact) mass is 500 g/mol. The number of amides is 1. The van der Waals surface area contributed by atoms with E-state index < -0.39 is 0 Å². The second kappa shape index (κ2) is 11.1. The lowest BCUT2D eigenvalue weighted by Crippen LogP contribution is -2.44. The Hall–Kier alpha value is -3.71. The lowest BCUT2D eigenvalue weighted by molar-refractivity contribution is 0.0906. The summed E-state index contributed by atoms with van der Waals surface area (Å²) >= 11 is 0. The van der Waals surface area contributed by atoms with Gasteiger partial charge in [-0.05, 0) is 60.7 Å². The van der Waals surface area contributed by atoms with Crippen LogP contribution in [-0.4, -0.2) is 39.7 Å². The van der Waals surface area contributed by atoms with Crippen LogP contribution in [0.15, 0.2) is 72.9 Å². The van der Waals surface area contributed by atoms with Crippen LogP contribution in [0.3, 0.4) is 0 Å². The molecule has 6 nitrogen and oxygen atoms in total. The van der Waals surface area contributed by atoms with Crippen LogP contribution in [0.2, 0.25) is 0 Å². The molecule has 1 fully saturated rings. The van der Waals surface area contributed by atoms with Gasteiger partial charge in [0.2, 0.25) is 0 Å². The first kappa shape index (κ1) is 25.0. The fourth-order valence-corrected chi connectivity index (χ4v) is 4.83. The van der Waals surface area contributed by atoms with Crippen LogP contribution in [0.1, 0.15) is 42.6 Å². The topological polar surface area (TPSA) is 59.4 Å². The first-order chi connectivity index (χ1) is 17.9. The highest BCUT2D eigenvalue weighted by Crippen LogP contribution is 2.31. The zero-order chi connectivity index (χ0) is 25.8. The molecule has 1 aliphatic rings. The summed E-state index contributed by atoms with van der Waals surface area (Å²) in [6.45, 7) is 7.81. The first-order valence-corrected chi connectivity index (χ1v) is 12.9. The van der Waals surface area contributed by atoms with Gasteiger partial charge in [-0.25, -0.2) is 4.39 Å². The van der Waals surface area contributed by atoms with E-state index in [9.17, 15) is 9.18 Å². The molecule has 1 N–H and O–H groups in total. The van der Waals surface area contributed by atoms with Gasteiger partial charge < -0.3 is 10.1 Å². The van der Waals surface area contributed by atoms with Gasteiger partial charge in [0, 0.05) is 37.6 Å². The molecule has 1 aliphatic heterocycles. The van der Waals surface area contributed by atoms with E-state index in [-0.39, 0.29) is 17.8 Å². The number of piperidine rings is 1. The van der Waals surface area contributed by atoms with E-state index in [2.05, 4.69) is 53.4 Å². The maximum Gasteiger partial charge on any atom is 0.255 e. The van der Waals surface area contributed by atoms with Crippen molar-refractivity contribution in [1.29, 1.82) is 0 Å². The van der Waals surface area contributed by atoms with Crippen molar-refractivity contribution in [3.63, 3.8) is 0 Å². The average molecular weight is 501 g/mol. The number of hydrogen-bond acceptors (Lipinski definition) is 4. The summed E-state index contributed by atoms with van der Waals surface area (Å²) in [5.41, 5.74) is 2.65. The van der Waals surface area contributed by atoms with Crippen molar-refractivity contribution in [3.05, 3.63) is 89.9 Å². The fourth-order valence-electron chi connectivity index (χ4n) is 4.83. The number of carbonyl (C=O) groups excluding carboxylic acids is 1. The third-order valence-corrected chi connectivity index (χ3v) is 6.74. The van der Waals surface area contributed by atoms with Crippen molar-refractivity contribution in [2.24, 2.45) is 5.92 Å². The van der Waals surface area contributed by atoms with Crippen LogP contribution < -0.4 is 10.1 Å². The number of carbonyl (C=O) groups is 1. The highest BCUT2D eigenvalue weighted by molar-refractivity contribution is 6.01. The number of halogens is 1. The van der Waals surface area contributed by atoms with Crippen LogP contribution in [0.4, 0.5) is 4.39 Å². The molecule has 0 saturated carbocycles. The second-order valence-corrected chi connectivity index (χ2v) is 10.2. The molecule has 37 heavy (non-hydrogen) atoms. The van der Waals surface area contributed by atoms with E-state index in [0.29, 0.717) is 23.0 Å². The Kier molecular flexibility index (Phi) is 7.51. The second-order valence-electron chi connectivity index (χ2n) is 10.2. The van der Waals surface area contributed by atoms with Crippen LogP contribution >= 0.6 is 0 Å². The average Bonchev–Trinajstić information content (AvgIpc) is 3.27. The van der Waals surface area contributed by atoms with Crippen molar-refractivity contribution >= 4 is 16.8 Å². The van der Waals surface area contributed by atoms with Gasteiger partial charge in [-0.1, -0.05) is 44.2 Å². The summed E-state index contributed by atoms with van der Waals surface area (Å²) in [5.74, 6) is 0.810. The quantitative estimate of drug-likeness (QED) is 0.322. The Labute approximate surface area is 217 Å². The van der Waals surface area contributed by atoms with Crippen molar-refractivity contribution in [3.8, 4) is 11.5 Å². The lowest BCUT2D eigenvalue weighted by Gasteiger charge is -2.32. The standard InChI is InChI=1S/C30H33FN4O2/c1-21(2)19-35-28-17-27(29(16-23(28)18-32-35)37-26-10-8-24(31)9-11-26)30(36)33-25-12-14-34(15-13-25)20-22-6-4-3-5-7-22/h3-11,16-18,21,25H,12-15,19-20H2,1-2H3,(H,33,36). The third kappa shape index (κ3) is 6.17. The molecule has 4 aromatic rings. The van der Waals surface area contributed by atoms with Gasteiger partial charge in [-0.3, -0.25) is 14.4 Å². The maximum atomic E-state index is 13.6. The molecule has 5 rings (SSSR count). The predicted molar refractivity (Wildman–Crippen MR) is 143 cm³/mol. The summed E-state index contributed by atoms with van der Waals surface area (Å²) in [5, 5.41) is 8.66. The maximum absolute atomic E-state index is 13.6. The molecule has 1 aromatic heterocycles. The third-order valence-electron chi connectivity index (χ3n) is 6.74. The van der Waals surface area contributed by atoms with E-state index in [0.717, 1.165) is 49.9 Å². The highest BCUT2D eigenvalue weighted by Gasteiger charge is 2.24. The number of hydrogen-bond donors (Lipinski definition) is 1. The van der Waals surface area contributed by atoms with E-state index in [1.165, 1.54) is 17.7 Å². The minimum absolute atomic E-state index is 0.0921. The summed E-state index contributed by atoms with van der Waals surface area (Å²) < 4.78 is 21.4. The normalized spacial score (nSPS) is 14.8. The minimum Gasteiger partial charge on any atom is -0.457 e. The number of benzene rings is 3. The van der Waals surface area contributed by atoms with Crippen LogP contribution in [0, 0.1) is 11.7 Å². The Balaban J connectivity index is 1.34. The number of nitrogens with zero attached hydrogens (tertiary/aromatic N) is 3. The van der Waals surface area contributed by atoms with Crippen molar-refractivity contribution in [2.75, 3.05) is 13.1 Å². The Morgan fingerprint density at radius 3 is 2.51 bits per heavy atom. The molecular weight excluding hydrogens is 467 g/mol. The Morgan fingerprint density at radius 2 is 1.81 bits per heavy atom. The largest absolute Gasteiger partial charge is 0.457 e. The van der Waals surface area contributed by atoms with Gasteiger partial charge in [0.25, 0.3) is 5.91 Å². The van der Waals surface area contributed by atoms with Gasteiger partial charge in [0.15, 0.2) is 0 Å². The van der Waals surface area contributed by atoms with Crippen LogP contribution in [0.5, 0.6) is 11.5 Å². The lowest BCUT2D eigenvalue weighted by atomic mass is 10.0. The summed E-state index contributed by atoms with van der Waals surface area (Å²) in [7, 11) is 0. The van der Waals surface area contributed by atoms with Gasteiger partial charge >= 0.3 is 0 Å². The molecule has 0 spiro atoms. The smallest absolute Gasteiger partial charge is 0.255 e. The molecule has 1 saturated heterocycles. The van der Waals surface area contributed by atoms with Crippen molar-refractivity contribution in [1.82, 2.24) is 20.0 Å². The van der Waals surface area contributed by atoms with Crippen LogP contribution in [-0.2, 0) is 13.1 Å². The number of ether oxygens (including phenoxy) is 1. The van der Waals surface area contributed by atoms with Gasteiger partial charge in [0.05, 0.1) is 17.3 Å². The first-order valence-electron chi connectivity index (χ1n) is 12.9. The molecule has 192 valence electrons. The number of likely N-dealkylation sites (tertiary alicyclic amines) is 1. The number of fused-ring (bicyclic) bond motifs is 1. The zero-order valence-corrected chi connectivity index (χ0v) is 21.4. The van der Waals surface area contributed by atoms with E-state index in [1.54, 1.807) is 18.3 Å². The highest BCUT2D eigenvalue weighted by atomic mass is 19.1. The number of nitrogens with one attached hydrogen (secondary N) is 1. The molecule has 0 aliphatic carbocycles. The van der Waals surface area contributed by atoms with E-state index in [1.807, 2.05) is 22.9 Å². The molecule has 0 unspecified atom stereocenters. The zero-order valence-electron chi connectivity index (χ0n) is 21.4. The molecule has 0 bridgehead atoms. The molecule has 1 amide bonds. The molecule has 2 heterocycles. The Morgan fingerprint density at radius 1 is 1.08 bits per heavy atom. The molecule has 7 heteroatoms. The number of rotatable bonds is 8. The van der Waals surface area contributed by atoms with Crippen LogP contribution in [0.25, 0.3) is 10.9 Å². The number of aromatic nitrogens is 2. The molecule has 0 radical (unpaired) electrons. The molecular formula is C30H33FN4O2. The molecule has 0 atom stereocenters. The predicted octanol–water partition coefficient (Wildman–Crippen LogP) is 6.02. The molecule has 3 aromatic carbocycles. The fraction of sp³-hybridized carbons (Fsp3) is 0.333.